The number of alkyl halides is 3. The van der Waals surface area contributed by atoms with E-state index in [0.29, 0.717) is 5.52 Å². The van der Waals surface area contributed by atoms with E-state index in [9.17, 15) is 13.2 Å². The van der Waals surface area contributed by atoms with Gasteiger partial charge in [0.15, 0.2) is 5.82 Å². The largest absolute Gasteiger partial charge is 0.451 e. The zero-order chi connectivity index (χ0) is 15.0. The van der Waals surface area contributed by atoms with Crippen LogP contribution in [0.25, 0.3) is 16.7 Å². The lowest BCUT2D eigenvalue weighted by Gasteiger charge is -2.10. The van der Waals surface area contributed by atoms with Crippen molar-refractivity contribution in [2.24, 2.45) is 5.84 Å². The summed E-state index contributed by atoms with van der Waals surface area (Å²) in [5.41, 5.74) is 2.73. The van der Waals surface area contributed by atoms with Crippen molar-refractivity contribution in [1.82, 2.24) is 19.7 Å². The number of fused-ring (bicyclic) bond motifs is 1. The number of para-hydroxylation sites is 1. The third kappa shape index (κ3) is 2.38. The standard InChI is InChI=1S/C12H9F3N6/c13-12(14,15)11-18-9(20-16)5-10(19-11)21-8-4-2-1-3-7(8)6-17-21/h1-6H,16H2,(H,18,19,20). The topological polar surface area (TPSA) is 81.6 Å². The summed E-state index contributed by atoms with van der Waals surface area (Å²) in [5, 5.41) is 4.84. The highest BCUT2D eigenvalue weighted by molar-refractivity contribution is 5.79. The molecule has 3 N–H and O–H groups in total. The highest BCUT2D eigenvalue weighted by atomic mass is 19.4. The molecule has 6 nitrogen and oxygen atoms in total. The molecule has 2 aromatic heterocycles. The van der Waals surface area contributed by atoms with Crippen molar-refractivity contribution in [3.63, 3.8) is 0 Å². The quantitative estimate of drug-likeness (QED) is 0.559. The minimum absolute atomic E-state index is 0.0218. The van der Waals surface area contributed by atoms with Crippen LogP contribution in [0.3, 0.4) is 0 Å². The van der Waals surface area contributed by atoms with Gasteiger partial charge in [0.1, 0.15) is 5.82 Å². The predicted octanol–water partition coefficient (Wildman–Crippen LogP) is 2.12. The predicted molar refractivity (Wildman–Crippen MR) is 69.5 cm³/mol. The lowest BCUT2D eigenvalue weighted by atomic mass is 10.2. The zero-order valence-corrected chi connectivity index (χ0v) is 10.5. The summed E-state index contributed by atoms with van der Waals surface area (Å²) in [6, 6.07) is 8.38. The van der Waals surface area contributed by atoms with Gasteiger partial charge in [-0.1, -0.05) is 18.2 Å². The van der Waals surface area contributed by atoms with Crippen molar-refractivity contribution >= 4 is 16.7 Å². The molecule has 0 saturated carbocycles. The molecule has 0 unspecified atom stereocenters. The molecule has 0 bridgehead atoms. The number of hydrogen-bond acceptors (Lipinski definition) is 5. The highest BCUT2D eigenvalue weighted by Gasteiger charge is 2.35. The molecular formula is C12H9F3N6. The van der Waals surface area contributed by atoms with Gasteiger partial charge in [-0.05, 0) is 6.07 Å². The molecule has 0 atom stereocenters. The second-order valence-electron chi connectivity index (χ2n) is 4.19. The van der Waals surface area contributed by atoms with E-state index < -0.39 is 12.0 Å². The van der Waals surface area contributed by atoms with Gasteiger partial charge in [-0.3, -0.25) is 0 Å². The fraction of sp³-hybridized carbons (Fsp3) is 0.0833. The van der Waals surface area contributed by atoms with Crippen LogP contribution in [0.5, 0.6) is 0 Å². The highest BCUT2D eigenvalue weighted by Crippen LogP contribution is 2.28. The molecule has 3 rings (SSSR count). The zero-order valence-electron chi connectivity index (χ0n) is 10.5. The first-order valence-electron chi connectivity index (χ1n) is 5.85. The van der Waals surface area contributed by atoms with Crippen LogP contribution in [0.15, 0.2) is 36.5 Å². The summed E-state index contributed by atoms with van der Waals surface area (Å²) in [6.45, 7) is 0. The summed E-state index contributed by atoms with van der Waals surface area (Å²) in [6.07, 6.45) is -3.13. The Morgan fingerprint density at radius 3 is 2.62 bits per heavy atom. The van der Waals surface area contributed by atoms with Crippen LogP contribution in [-0.2, 0) is 6.18 Å². The maximum Gasteiger partial charge on any atom is 0.451 e. The molecule has 0 aliphatic carbocycles. The first kappa shape index (κ1) is 13.3. The molecule has 0 aliphatic rings. The van der Waals surface area contributed by atoms with Crippen LogP contribution in [0.4, 0.5) is 19.0 Å². The van der Waals surface area contributed by atoms with Crippen molar-refractivity contribution < 1.29 is 13.2 Å². The van der Waals surface area contributed by atoms with Gasteiger partial charge in [0, 0.05) is 11.5 Å². The Bertz CT molecular complexity index is 795. The Kier molecular flexibility index (Phi) is 2.98. The first-order chi connectivity index (χ1) is 9.99. The Labute approximate surface area is 116 Å². The first-order valence-corrected chi connectivity index (χ1v) is 5.85. The average molecular weight is 294 g/mol. The maximum absolute atomic E-state index is 12.8. The average Bonchev–Trinajstić information content (AvgIpc) is 2.89. The molecule has 0 spiro atoms. The summed E-state index contributed by atoms with van der Waals surface area (Å²) >= 11 is 0. The molecule has 21 heavy (non-hydrogen) atoms. The molecule has 108 valence electrons. The lowest BCUT2D eigenvalue weighted by molar-refractivity contribution is -0.144. The fourth-order valence-electron chi connectivity index (χ4n) is 1.90. The second-order valence-corrected chi connectivity index (χ2v) is 4.19. The van der Waals surface area contributed by atoms with Crippen molar-refractivity contribution in [2.75, 3.05) is 5.43 Å². The molecule has 0 saturated heterocycles. The minimum Gasteiger partial charge on any atom is -0.308 e. The number of nitrogens with two attached hydrogens (primary N) is 1. The monoisotopic (exact) mass is 294 g/mol. The van der Waals surface area contributed by atoms with Crippen molar-refractivity contribution in [1.29, 1.82) is 0 Å². The molecule has 0 fully saturated rings. The summed E-state index contributed by atoms with van der Waals surface area (Å²) in [5.74, 6) is 3.71. The van der Waals surface area contributed by atoms with E-state index in [1.54, 1.807) is 24.4 Å². The van der Waals surface area contributed by atoms with Gasteiger partial charge in [0.25, 0.3) is 0 Å². The van der Waals surface area contributed by atoms with Crippen LogP contribution in [0.1, 0.15) is 5.82 Å². The number of hydrazine groups is 1. The van der Waals surface area contributed by atoms with E-state index in [2.05, 4.69) is 20.5 Å². The second kappa shape index (κ2) is 4.70. The van der Waals surface area contributed by atoms with Gasteiger partial charge in [-0.25, -0.2) is 20.5 Å². The summed E-state index contributed by atoms with van der Waals surface area (Å²) in [4.78, 5) is 6.81. The number of halogens is 3. The van der Waals surface area contributed by atoms with Crippen molar-refractivity contribution in [3.05, 3.63) is 42.4 Å². The molecule has 9 heteroatoms. The molecule has 0 amide bonds. The SMILES string of the molecule is NNc1cc(-n2ncc3ccccc32)nc(C(F)(F)F)n1. The number of anilines is 1. The molecule has 3 aromatic rings. The van der Waals surface area contributed by atoms with Gasteiger partial charge >= 0.3 is 6.18 Å². The molecule has 0 aliphatic heterocycles. The number of nitrogens with zero attached hydrogens (tertiary/aromatic N) is 4. The third-order valence-corrected chi connectivity index (χ3v) is 2.81. The van der Waals surface area contributed by atoms with E-state index in [-0.39, 0.29) is 11.6 Å². The van der Waals surface area contributed by atoms with E-state index in [0.717, 1.165) is 5.39 Å². The normalized spacial score (nSPS) is 11.8. The molecule has 2 heterocycles. The number of benzene rings is 1. The van der Waals surface area contributed by atoms with Crippen molar-refractivity contribution in [3.8, 4) is 5.82 Å². The van der Waals surface area contributed by atoms with Gasteiger partial charge in [0.2, 0.25) is 5.82 Å². The van der Waals surface area contributed by atoms with E-state index in [1.807, 2.05) is 6.07 Å². The molecular weight excluding hydrogens is 285 g/mol. The van der Waals surface area contributed by atoms with Gasteiger partial charge in [-0.15, -0.1) is 0 Å². The lowest BCUT2D eigenvalue weighted by Crippen LogP contribution is -2.17. The summed E-state index contributed by atoms with van der Waals surface area (Å²) in [7, 11) is 0. The van der Waals surface area contributed by atoms with Crippen LogP contribution in [0, 0.1) is 0 Å². The van der Waals surface area contributed by atoms with Gasteiger partial charge in [-0.2, -0.15) is 18.3 Å². The minimum atomic E-state index is -4.68. The smallest absolute Gasteiger partial charge is 0.308 e. The van der Waals surface area contributed by atoms with E-state index >= 15 is 0 Å². The van der Waals surface area contributed by atoms with E-state index in [1.165, 1.54) is 10.7 Å². The van der Waals surface area contributed by atoms with Gasteiger partial charge < -0.3 is 5.43 Å². The van der Waals surface area contributed by atoms with E-state index in [4.69, 9.17) is 5.84 Å². The van der Waals surface area contributed by atoms with Crippen LogP contribution in [-0.4, -0.2) is 19.7 Å². The number of nitrogen functional groups attached to an aromatic ring is 1. The van der Waals surface area contributed by atoms with Crippen LogP contribution >= 0.6 is 0 Å². The summed E-state index contributed by atoms with van der Waals surface area (Å²) < 4.78 is 39.7. The Hall–Kier alpha value is -2.68. The van der Waals surface area contributed by atoms with Crippen molar-refractivity contribution in [2.45, 2.75) is 6.18 Å². The molecule has 1 aromatic carbocycles. The fourth-order valence-corrected chi connectivity index (χ4v) is 1.90. The van der Waals surface area contributed by atoms with Crippen LogP contribution < -0.4 is 11.3 Å². The van der Waals surface area contributed by atoms with Crippen LogP contribution in [0.2, 0.25) is 0 Å². The Morgan fingerprint density at radius 1 is 1.14 bits per heavy atom. The Morgan fingerprint density at radius 2 is 1.90 bits per heavy atom. The number of hydrogen-bond donors (Lipinski definition) is 2. The maximum atomic E-state index is 12.8. The third-order valence-electron chi connectivity index (χ3n) is 2.81. The molecule has 0 radical (unpaired) electrons. The number of rotatable bonds is 2. The Balaban J connectivity index is 2.22. The number of nitrogens with one attached hydrogen (secondary N) is 1. The number of aromatic nitrogens is 4. The van der Waals surface area contributed by atoms with Gasteiger partial charge in [0.05, 0.1) is 11.7 Å².